The van der Waals surface area contributed by atoms with Crippen LogP contribution < -0.4 is 10.6 Å². The Kier molecular flexibility index (Phi) is 7.75. The molecule has 0 bridgehead atoms. The van der Waals surface area contributed by atoms with E-state index in [0.717, 1.165) is 33.1 Å². The third-order valence-electron chi connectivity index (χ3n) is 6.23. The van der Waals surface area contributed by atoms with Gasteiger partial charge in [0.2, 0.25) is 0 Å². The third kappa shape index (κ3) is 5.04. The van der Waals surface area contributed by atoms with E-state index in [9.17, 15) is 9.59 Å². The first-order valence-corrected chi connectivity index (χ1v) is 13.4. The van der Waals surface area contributed by atoms with Gasteiger partial charge in [0.25, 0.3) is 17.8 Å². The minimum atomic E-state index is -0.403. The zero-order valence-corrected chi connectivity index (χ0v) is 23.4. The smallest absolute Gasteiger partial charge is 0.271 e. The fraction of sp³-hybridized carbons (Fsp3) is 0.231. The fourth-order valence-electron chi connectivity index (χ4n) is 4.60. The average molecular weight is 612 g/mol. The molecule has 13 heteroatoms. The van der Waals surface area contributed by atoms with Crippen LogP contribution in [-0.4, -0.2) is 48.5 Å². The van der Waals surface area contributed by atoms with Crippen molar-refractivity contribution in [3.8, 4) is 22.3 Å². The van der Waals surface area contributed by atoms with E-state index in [1.807, 2.05) is 36.6 Å². The zero-order valence-electron chi connectivity index (χ0n) is 21.1. The zero-order chi connectivity index (χ0) is 27.5. The molecule has 3 N–H and O–H groups in total. The molecule has 39 heavy (non-hydrogen) atoms. The molecular weight excluding hydrogens is 588 g/mol. The summed E-state index contributed by atoms with van der Waals surface area (Å²) in [7, 11) is 0. The maximum atomic E-state index is 13.3. The second-order valence-electron chi connectivity index (χ2n) is 8.65. The molecule has 0 radical (unpaired) electrons. The van der Waals surface area contributed by atoms with Gasteiger partial charge >= 0.3 is 0 Å². The minimum absolute atomic E-state index is 0.0596. The maximum Gasteiger partial charge on any atom is 0.271 e. The van der Waals surface area contributed by atoms with Crippen molar-refractivity contribution < 1.29 is 14.0 Å². The molecule has 1 aromatic carbocycles. The van der Waals surface area contributed by atoms with Gasteiger partial charge < -0.3 is 14.3 Å². The molecule has 0 atom stereocenters. The van der Waals surface area contributed by atoms with E-state index in [0.29, 0.717) is 35.6 Å². The van der Waals surface area contributed by atoms with Crippen LogP contribution in [0.25, 0.3) is 22.3 Å². The van der Waals surface area contributed by atoms with Gasteiger partial charge in [0, 0.05) is 34.1 Å². The summed E-state index contributed by atoms with van der Waals surface area (Å²) in [5.74, 6) is 0.0530. The summed E-state index contributed by atoms with van der Waals surface area (Å²) in [5.41, 5.74) is 4.72. The van der Waals surface area contributed by atoms with Crippen molar-refractivity contribution in [1.82, 2.24) is 35.5 Å². The molecule has 1 aliphatic carbocycles. The molecule has 0 spiro atoms. The average Bonchev–Trinajstić information content (AvgIpc) is 3.62. The molecule has 1 aliphatic heterocycles. The molecule has 3 heterocycles. The van der Waals surface area contributed by atoms with Crippen LogP contribution in [0.3, 0.4) is 0 Å². The van der Waals surface area contributed by atoms with E-state index in [1.165, 1.54) is 0 Å². The Labute approximate surface area is 236 Å². The number of benzene rings is 1. The summed E-state index contributed by atoms with van der Waals surface area (Å²) in [5, 5.41) is 19.1. The van der Waals surface area contributed by atoms with Crippen LogP contribution in [0.15, 0.2) is 51.7 Å². The first-order chi connectivity index (χ1) is 18.9. The Morgan fingerprint density at radius 3 is 2.69 bits per heavy atom. The summed E-state index contributed by atoms with van der Waals surface area (Å²) in [4.78, 5) is 30.9. The van der Waals surface area contributed by atoms with Crippen molar-refractivity contribution in [1.29, 1.82) is 0 Å². The van der Waals surface area contributed by atoms with Crippen LogP contribution in [0.2, 0.25) is 5.15 Å². The minimum Gasteiger partial charge on any atom is -0.472 e. The van der Waals surface area contributed by atoms with Crippen molar-refractivity contribution in [2.45, 2.75) is 33.2 Å². The van der Waals surface area contributed by atoms with Crippen molar-refractivity contribution >= 4 is 45.3 Å². The number of imidazole rings is 1. The second kappa shape index (κ2) is 11.4. The van der Waals surface area contributed by atoms with Crippen LogP contribution in [0, 0.1) is 0 Å². The van der Waals surface area contributed by atoms with E-state index in [-0.39, 0.29) is 23.6 Å². The topological polar surface area (TPSA) is 144 Å². The number of aryl methyl sites for hydroxylation is 1. The number of aromatic amines is 1. The van der Waals surface area contributed by atoms with E-state index in [4.69, 9.17) is 16.0 Å². The number of hydrogen-bond donors (Lipinski definition) is 3. The summed E-state index contributed by atoms with van der Waals surface area (Å²) < 4.78 is 8.10. The van der Waals surface area contributed by atoms with Crippen molar-refractivity contribution in [3.63, 3.8) is 0 Å². The normalized spacial score (nSPS) is 11.2. The van der Waals surface area contributed by atoms with Crippen LogP contribution in [0.4, 0.5) is 5.95 Å². The first-order valence-electron chi connectivity index (χ1n) is 12.3. The van der Waals surface area contributed by atoms with E-state index in [2.05, 4.69) is 52.2 Å². The number of aromatic nitrogens is 6. The lowest BCUT2D eigenvalue weighted by molar-refractivity contribution is 0.0946. The van der Waals surface area contributed by atoms with Crippen LogP contribution in [0.1, 0.15) is 52.5 Å². The van der Waals surface area contributed by atoms with Gasteiger partial charge in [-0.3, -0.25) is 14.9 Å². The molecule has 2 amide bonds. The summed E-state index contributed by atoms with van der Waals surface area (Å²) in [6.45, 7) is 4.62. The highest BCUT2D eigenvalue weighted by Gasteiger charge is 2.29. The predicted molar refractivity (Wildman–Crippen MR) is 149 cm³/mol. The number of rotatable bonds is 9. The highest BCUT2D eigenvalue weighted by atomic mass is 79.9. The SMILES string of the molecule is CCCc1nc(Cl)c(C(=O)NCC)n1Cc1c2ccocc-2c(Br)c1-c1ccccc1C(=O)Nc1nn[nH]n1. The van der Waals surface area contributed by atoms with E-state index >= 15 is 0 Å². The molecule has 3 aromatic rings. The van der Waals surface area contributed by atoms with Crippen molar-refractivity contribution in [3.05, 3.63) is 75.1 Å². The predicted octanol–water partition coefficient (Wildman–Crippen LogP) is 5.18. The Bertz CT molecular complexity index is 1610. The number of fused-ring (bicyclic) bond motifs is 1. The van der Waals surface area contributed by atoms with Crippen LogP contribution in [0.5, 0.6) is 0 Å². The number of halogens is 2. The number of carbonyl (C=O) groups is 2. The number of H-pyrrole nitrogens is 1. The van der Waals surface area contributed by atoms with Crippen molar-refractivity contribution in [2.75, 3.05) is 11.9 Å². The van der Waals surface area contributed by atoms with Gasteiger partial charge in [-0.1, -0.05) is 41.8 Å². The van der Waals surface area contributed by atoms with Crippen LogP contribution >= 0.6 is 27.5 Å². The van der Waals surface area contributed by atoms with Crippen LogP contribution in [-0.2, 0) is 13.0 Å². The highest BCUT2D eigenvalue weighted by molar-refractivity contribution is 9.10. The second-order valence-corrected chi connectivity index (χ2v) is 9.80. The molecule has 2 aliphatic rings. The summed E-state index contributed by atoms with van der Waals surface area (Å²) >= 11 is 10.3. The molecule has 2 aromatic heterocycles. The molecule has 0 saturated carbocycles. The molecular formula is C26H24BrClN8O3. The van der Waals surface area contributed by atoms with Crippen molar-refractivity contribution in [2.24, 2.45) is 0 Å². The van der Waals surface area contributed by atoms with Gasteiger partial charge in [-0.05, 0) is 63.3 Å². The monoisotopic (exact) mass is 610 g/mol. The number of anilines is 1. The fourth-order valence-corrected chi connectivity index (χ4v) is 5.65. The number of nitrogens with zero attached hydrogens (tertiary/aromatic N) is 5. The molecule has 11 nitrogen and oxygen atoms in total. The lowest BCUT2D eigenvalue weighted by Gasteiger charge is -2.16. The highest BCUT2D eigenvalue weighted by Crippen LogP contribution is 2.47. The largest absolute Gasteiger partial charge is 0.472 e. The quantitative estimate of drug-likeness (QED) is 0.208. The van der Waals surface area contributed by atoms with Gasteiger partial charge in [-0.2, -0.15) is 5.21 Å². The Balaban J connectivity index is 1.70. The number of carbonyl (C=O) groups excluding carboxylic acids is 2. The molecule has 200 valence electrons. The van der Waals surface area contributed by atoms with Gasteiger partial charge in [0.15, 0.2) is 5.15 Å². The summed E-state index contributed by atoms with van der Waals surface area (Å²) in [6, 6.07) is 9.09. The van der Waals surface area contributed by atoms with E-state index < -0.39 is 5.91 Å². The van der Waals surface area contributed by atoms with E-state index in [1.54, 1.807) is 24.7 Å². The first kappa shape index (κ1) is 26.6. The van der Waals surface area contributed by atoms with Gasteiger partial charge in [0.05, 0.1) is 19.1 Å². The standard InChI is InChI=1S/C26H24BrClN8O3/c1-3-7-19-30-23(28)22(25(38)29-4-2)36(19)12-17-14-10-11-39-13-18(14)21(27)20(17)15-8-5-6-9-16(15)24(37)31-26-32-34-35-33-26/h5-6,8-11,13H,3-4,7,12H2,1-2H3,(H,29,38)(H2,31,32,33,34,35,37). The maximum absolute atomic E-state index is 13.3. The van der Waals surface area contributed by atoms with Gasteiger partial charge in [-0.25, -0.2) is 4.98 Å². The van der Waals surface area contributed by atoms with Gasteiger partial charge in [-0.15, -0.1) is 5.10 Å². The summed E-state index contributed by atoms with van der Waals surface area (Å²) in [6.07, 6.45) is 4.69. The lowest BCUT2D eigenvalue weighted by Crippen LogP contribution is -2.26. The Hall–Kier alpha value is -4.03. The molecule has 0 fully saturated rings. The molecule has 0 saturated heterocycles. The lowest BCUT2D eigenvalue weighted by atomic mass is 9.97. The van der Waals surface area contributed by atoms with Gasteiger partial charge in [0.1, 0.15) is 11.5 Å². The third-order valence-corrected chi connectivity index (χ3v) is 7.32. The number of amides is 2. The number of hydrogen-bond acceptors (Lipinski definition) is 7. The Morgan fingerprint density at radius 2 is 1.95 bits per heavy atom. The molecule has 5 rings (SSSR count). The molecule has 0 unspecified atom stereocenters. The number of nitrogens with one attached hydrogen (secondary N) is 3. The number of tetrazole rings is 1. The Morgan fingerprint density at radius 1 is 1.13 bits per heavy atom.